The van der Waals surface area contributed by atoms with Crippen molar-refractivity contribution in [3.05, 3.63) is 41.4 Å². The summed E-state index contributed by atoms with van der Waals surface area (Å²) in [7, 11) is 1.43. The van der Waals surface area contributed by atoms with E-state index in [9.17, 15) is 4.39 Å². The maximum absolute atomic E-state index is 13.4. The van der Waals surface area contributed by atoms with Crippen LogP contribution in [-0.2, 0) is 4.74 Å². The van der Waals surface area contributed by atoms with Gasteiger partial charge < -0.3 is 9.47 Å². The molecule has 1 unspecified atom stereocenters. The normalized spacial score (nSPS) is 16.7. The lowest BCUT2D eigenvalue weighted by Gasteiger charge is -2.23. The molecule has 5 heteroatoms. The van der Waals surface area contributed by atoms with E-state index in [0.717, 1.165) is 24.2 Å². The van der Waals surface area contributed by atoms with E-state index in [0.29, 0.717) is 6.61 Å². The minimum Gasteiger partial charge on any atom is -0.496 e. The Morgan fingerprint density at radius 1 is 1.50 bits per heavy atom. The zero-order valence-corrected chi connectivity index (χ0v) is 10.3. The van der Waals surface area contributed by atoms with Crippen LogP contribution in [0.3, 0.4) is 0 Å². The van der Waals surface area contributed by atoms with Crippen molar-refractivity contribution in [3.8, 4) is 5.75 Å². The largest absolute Gasteiger partial charge is 0.496 e. The highest BCUT2D eigenvalue weighted by atomic mass is 19.1. The van der Waals surface area contributed by atoms with Gasteiger partial charge in [-0.2, -0.15) is 0 Å². The van der Waals surface area contributed by atoms with E-state index in [1.807, 2.05) is 6.08 Å². The van der Waals surface area contributed by atoms with E-state index in [1.165, 1.54) is 13.2 Å². The van der Waals surface area contributed by atoms with E-state index in [-0.39, 0.29) is 11.8 Å². The smallest absolute Gasteiger partial charge is 0.165 e. The molecule has 0 fully saturated rings. The number of nitrogens with one attached hydrogen (secondary N) is 1. The van der Waals surface area contributed by atoms with Gasteiger partial charge in [-0.05, 0) is 36.6 Å². The fraction of sp³-hybridized carbons (Fsp3) is 0.385. The molecule has 18 heavy (non-hydrogen) atoms. The van der Waals surface area contributed by atoms with Gasteiger partial charge in [0.2, 0.25) is 0 Å². The van der Waals surface area contributed by atoms with Crippen LogP contribution >= 0.6 is 0 Å². The second-order valence-electron chi connectivity index (χ2n) is 4.09. The Morgan fingerprint density at radius 3 is 2.94 bits per heavy atom. The van der Waals surface area contributed by atoms with Crippen molar-refractivity contribution in [3.63, 3.8) is 0 Å². The lowest BCUT2D eigenvalue weighted by atomic mass is 10.0. The molecular formula is C13H17FN2O2. The third-order valence-electron chi connectivity index (χ3n) is 2.92. The summed E-state index contributed by atoms with van der Waals surface area (Å²) in [6.45, 7) is 0.683. The highest BCUT2D eigenvalue weighted by molar-refractivity contribution is 5.35. The number of hydrazine groups is 1. The van der Waals surface area contributed by atoms with Crippen molar-refractivity contribution in [2.45, 2.75) is 18.9 Å². The highest BCUT2D eigenvalue weighted by Gasteiger charge is 2.20. The summed E-state index contributed by atoms with van der Waals surface area (Å²) in [5.74, 6) is 6.14. The number of methoxy groups -OCH3 is 1. The van der Waals surface area contributed by atoms with Gasteiger partial charge in [-0.15, -0.1) is 0 Å². The molecule has 0 saturated heterocycles. The Labute approximate surface area is 106 Å². The predicted octanol–water partition coefficient (Wildman–Crippen LogP) is 2.03. The minimum absolute atomic E-state index is 0.198. The van der Waals surface area contributed by atoms with Gasteiger partial charge in [0.05, 0.1) is 13.7 Å². The molecule has 0 saturated carbocycles. The molecule has 0 amide bonds. The molecule has 1 aliphatic heterocycles. The molecule has 0 radical (unpaired) electrons. The van der Waals surface area contributed by atoms with Gasteiger partial charge in [0, 0.05) is 0 Å². The molecule has 1 aromatic carbocycles. The maximum atomic E-state index is 13.4. The van der Waals surface area contributed by atoms with Crippen LogP contribution in [0.5, 0.6) is 5.75 Å². The Kier molecular flexibility index (Phi) is 4.17. The van der Waals surface area contributed by atoms with Gasteiger partial charge in [0.1, 0.15) is 11.8 Å². The van der Waals surface area contributed by atoms with Crippen molar-refractivity contribution in [2.75, 3.05) is 13.7 Å². The standard InChI is InChI=1S/C13H17FN2O2/c1-17-12-8-9(5-6-10(12)14)13(16-15)11-4-2-3-7-18-11/h4-6,8,13,16H,2-3,7,15H2,1H3. The van der Waals surface area contributed by atoms with Crippen LogP contribution in [0.15, 0.2) is 30.0 Å². The lowest BCUT2D eigenvalue weighted by molar-refractivity contribution is 0.168. The third kappa shape index (κ3) is 2.63. The van der Waals surface area contributed by atoms with Gasteiger partial charge in [-0.25, -0.2) is 9.82 Å². The number of hydrogen-bond acceptors (Lipinski definition) is 4. The number of ether oxygens (including phenoxy) is 2. The fourth-order valence-corrected chi connectivity index (χ4v) is 1.98. The van der Waals surface area contributed by atoms with E-state index in [4.69, 9.17) is 15.3 Å². The second-order valence-corrected chi connectivity index (χ2v) is 4.09. The van der Waals surface area contributed by atoms with E-state index < -0.39 is 5.82 Å². The summed E-state index contributed by atoms with van der Waals surface area (Å²) in [4.78, 5) is 0. The van der Waals surface area contributed by atoms with Crippen LogP contribution in [0.4, 0.5) is 4.39 Å². The molecule has 1 heterocycles. The highest BCUT2D eigenvalue weighted by Crippen LogP contribution is 2.28. The van der Waals surface area contributed by atoms with Crippen LogP contribution in [0.1, 0.15) is 24.4 Å². The van der Waals surface area contributed by atoms with Crippen molar-refractivity contribution >= 4 is 0 Å². The molecule has 1 atom stereocenters. The van der Waals surface area contributed by atoms with Crippen LogP contribution in [-0.4, -0.2) is 13.7 Å². The van der Waals surface area contributed by atoms with Crippen molar-refractivity contribution in [1.29, 1.82) is 0 Å². The summed E-state index contributed by atoms with van der Waals surface area (Å²) >= 11 is 0. The average molecular weight is 252 g/mol. The van der Waals surface area contributed by atoms with Gasteiger partial charge in [0.25, 0.3) is 0 Å². The SMILES string of the molecule is COc1cc(C(NN)C2=CCCCO2)ccc1F. The number of allylic oxidation sites excluding steroid dienone is 1. The number of halogens is 1. The topological polar surface area (TPSA) is 56.5 Å². The summed E-state index contributed by atoms with van der Waals surface area (Å²) in [5, 5.41) is 0. The van der Waals surface area contributed by atoms with Crippen molar-refractivity contribution in [1.82, 2.24) is 5.43 Å². The van der Waals surface area contributed by atoms with E-state index >= 15 is 0 Å². The maximum Gasteiger partial charge on any atom is 0.165 e. The quantitative estimate of drug-likeness (QED) is 0.636. The van der Waals surface area contributed by atoms with Crippen LogP contribution < -0.4 is 16.0 Å². The Bertz CT molecular complexity index is 449. The van der Waals surface area contributed by atoms with Crippen LogP contribution in [0, 0.1) is 5.82 Å². The first-order valence-corrected chi connectivity index (χ1v) is 5.88. The molecule has 0 aliphatic carbocycles. The lowest BCUT2D eigenvalue weighted by Crippen LogP contribution is -2.31. The Morgan fingerprint density at radius 2 is 2.33 bits per heavy atom. The number of nitrogens with two attached hydrogens (primary N) is 1. The average Bonchev–Trinajstić information content (AvgIpc) is 2.42. The molecule has 1 aromatic rings. The fourth-order valence-electron chi connectivity index (χ4n) is 1.98. The summed E-state index contributed by atoms with van der Waals surface area (Å²) in [5.41, 5.74) is 3.50. The Balaban J connectivity index is 2.29. The van der Waals surface area contributed by atoms with Gasteiger partial charge in [-0.3, -0.25) is 5.84 Å². The summed E-state index contributed by atoms with van der Waals surface area (Å²) in [6, 6.07) is 4.38. The zero-order valence-electron chi connectivity index (χ0n) is 10.3. The van der Waals surface area contributed by atoms with Gasteiger partial charge in [-0.1, -0.05) is 6.07 Å². The number of hydrogen-bond donors (Lipinski definition) is 2. The molecule has 98 valence electrons. The third-order valence-corrected chi connectivity index (χ3v) is 2.92. The molecule has 1 aliphatic rings. The first kappa shape index (κ1) is 12.9. The molecule has 2 rings (SSSR count). The minimum atomic E-state index is -0.393. The monoisotopic (exact) mass is 252 g/mol. The van der Waals surface area contributed by atoms with Gasteiger partial charge >= 0.3 is 0 Å². The molecule has 0 bridgehead atoms. The number of benzene rings is 1. The Hall–Kier alpha value is -1.59. The zero-order chi connectivity index (χ0) is 13.0. The molecule has 4 nitrogen and oxygen atoms in total. The summed E-state index contributed by atoms with van der Waals surface area (Å²) < 4.78 is 23.9. The van der Waals surface area contributed by atoms with Crippen molar-refractivity contribution < 1.29 is 13.9 Å². The molecular weight excluding hydrogens is 235 g/mol. The number of rotatable bonds is 4. The first-order valence-electron chi connectivity index (χ1n) is 5.88. The van der Waals surface area contributed by atoms with Crippen LogP contribution in [0.2, 0.25) is 0 Å². The summed E-state index contributed by atoms with van der Waals surface area (Å²) in [6.07, 6.45) is 3.98. The molecule has 0 spiro atoms. The molecule has 3 N–H and O–H groups in total. The predicted molar refractivity (Wildman–Crippen MR) is 66.3 cm³/mol. The van der Waals surface area contributed by atoms with Gasteiger partial charge in [0.15, 0.2) is 11.6 Å². The van der Waals surface area contributed by atoms with Crippen LogP contribution in [0.25, 0.3) is 0 Å². The molecule has 0 aromatic heterocycles. The first-order chi connectivity index (χ1) is 8.76. The van der Waals surface area contributed by atoms with Crippen molar-refractivity contribution in [2.24, 2.45) is 5.84 Å². The second kappa shape index (κ2) is 5.84. The van der Waals surface area contributed by atoms with E-state index in [1.54, 1.807) is 12.1 Å². The van der Waals surface area contributed by atoms with E-state index in [2.05, 4.69) is 5.43 Å².